The first-order valence-electron chi connectivity index (χ1n) is 5.18. The van der Waals surface area contributed by atoms with E-state index in [1.54, 1.807) is 31.5 Å². The van der Waals surface area contributed by atoms with E-state index in [1.165, 1.54) is 0 Å². The molecule has 0 amide bonds. The second-order valence-electron chi connectivity index (χ2n) is 4.51. The molecule has 0 unspecified atom stereocenters. The summed E-state index contributed by atoms with van der Waals surface area (Å²) in [5, 5.41) is 10.5. The van der Waals surface area contributed by atoms with Crippen LogP contribution in [-0.2, 0) is 11.6 Å². The molecule has 2 rings (SSSR count). The smallest absolute Gasteiger partial charge is 0.335 e. The summed E-state index contributed by atoms with van der Waals surface area (Å²) in [6, 6.07) is 4.90. The van der Waals surface area contributed by atoms with E-state index in [-0.39, 0.29) is 5.56 Å². The number of aryl methyl sites for hydroxylation is 1. The Bertz CT molecular complexity index is 651. The Morgan fingerprint density at radius 2 is 2.00 bits per heavy atom. The number of carboxylic acid groups (broad SMARTS) is 1. The normalized spacial score (nSPS) is 11.9. The fourth-order valence-corrected chi connectivity index (χ4v) is 3.14. The molecule has 1 heterocycles. The van der Waals surface area contributed by atoms with E-state index in [0.29, 0.717) is 0 Å². The number of rotatable bonds is 2. The highest BCUT2D eigenvalue weighted by Gasteiger charge is 2.18. The van der Waals surface area contributed by atoms with Crippen LogP contribution in [0, 0.1) is 0 Å². The molecule has 2 aromatic rings. The molecule has 0 bridgehead atoms. The maximum atomic E-state index is 12.2. The Hall–Kier alpha value is -1.54. The Morgan fingerprint density at radius 3 is 2.53 bits per heavy atom. The number of carbonyl (C=O) groups is 1. The topological polar surface area (TPSA) is 59.3 Å². The Kier molecular flexibility index (Phi) is 2.63. The minimum absolute atomic E-state index is 0.221. The van der Waals surface area contributed by atoms with Gasteiger partial charge in [-0.3, -0.25) is 0 Å². The van der Waals surface area contributed by atoms with E-state index in [1.807, 2.05) is 17.8 Å². The van der Waals surface area contributed by atoms with Crippen molar-refractivity contribution in [2.45, 2.75) is 0 Å². The first-order chi connectivity index (χ1) is 7.80. The fraction of sp³-hybridized carbons (Fsp3) is 0.250. The highest BCUT2D eigenvalue weighted by atomic mass is 31.2. The largest absolute Gasteiger partial charge is 0.478 e. The molecule has 0 aliphatic carbocycles. The van der Waals surface area contributed by atoms with Crippen molar-refractivity contribution < 1.29 is 14.5 Å². The second kappa shape index (κ2) is 3.74. The minimum Gasteiger partial charge on any atom is -0.478 e. The molecule has 4 nitrogen and oxygen atoms in total. The zero-order valence-corrected chi connectivity index (χ0v) is 10.9. The standard InChI is InChI=1S/C12H14NO3P/c1-13-7-11(17(2,3)16)9-6-8(12(14)15)4-5-10(9)13/h4-7H,1-3H3,(H,14,15). The van der Waals surface area contributed by atoms with Gasteiger partial charge >= 0.3 is 5.97 Å². The van der Waals surface area contributed by atoms with Gasteiger partial charge in [0, 0.05) is 29.5 Å². The van der Waals surface area contributed by atoms with Gasteiger partial charge in [-0.2, -0.15) is 0 Å². The fourth-order valence-electron chi connectivity index (χ4n) is 1.93. The second-order valence-corrected chi connectivity index (χ2v) is 7.70. The maximum absolute atomic E-state index is 12.2. The van der Waals surface area contributed by atoms with Crippen LogP contribution in [0.3, 0.4) is 0 Å². The van der Waals surface area contributed by atoms with Gasteiger partial charge in [-0.05, 0) is 31.5 Å². The summed E-state index contributed by atoms with van der Waals surface area (Å²) in [4.78, 5) is 10.9. The summed E-state index contributed by atoms with van der Waals surface area (Å²) < 4.78 is 14.0. The summed E-state index contributed by atoms with van der Waals surface area (Å²) in [6.45, 7) is 3.38. The molecule has 0 saturated heterocycles. The molecule has 90 valence electrons. The van der Waals surface area contributed by atoms with Crippen LogP contribution >= 0.6 is 7.14 Å². The summed E-state index contributed by atoms with van der Waals surface area (Å²) in [5.41, 5.74) is 1.12. The first-order valence-corrected chi connectivity index (χ1v) is 7.79. The lowest BCUT2D eigenvalue weighted by Crippen LogP contribution is -2.02. The van der Waals surface area contributed by atoms with E-state index in [2.05, 4.69) is 0 Å². The van der Waals surface area contributed by atoms with E-state index >= 15 is 0 Å². The third-order valence-corrected chi connectivity index (χ3v) is 4.31. The van der Waals surface area contributed by atoms with Crippen molar-refractivity contribution in [1.29, 1.82) is 0 Å². The Morgan fingerprint density at radius 1 is 1.35 bits per heavy atom. The summed E-state index contributed by atoms with van der Waals surface area (Å²) in [7, 11) is -0.544. The minimum atomic E-state index is -2.41. The van der Waals surface area contributed by atoms with E-state index in [9.17, 15) is 9.36 Å². The monoisotopic (exact) mass is 251 g/mol. The Labute approximate surface area is 99.2 Å². The van der Waals surface area contributed by atoms with Gasteiger partial charge in [-0.15, -0.1) is 0 Å². The van der Waals surface area contributed by atoms with Crippen LogP contribution in [0.15, 0.2) is 24.4 Å². The zero-order valence-electron chi connectivity index (χ0n) is 9.97. The van der Waals surface area contributed by atoms with Crippen molar-refractivity contribution in [3.8, 4) is 0 Å². The van der Waals surface area contributed by atoms with Crippen molar-refractivity contribution in [2.24, 2.45) is 7.05 Å². The maximum Gasteiger partial charge on any atom is 0.335 e. The summed E-state index contributed by atoms with van der Waals surface area (Å²) in [5.74, 6) is -0.969. The lowest BCUT2D eigenvalue weighted by Gasteiger charge is -2.04. The van der Waals surface area contributed by atoms with Gasteiger partial charge in [-0.25, -0.2) is 4.79 Å². The van der Waals surface area contributed by atoms with E-state index in [0.717, 1.165) is 16.2 Å². The van der Waals surface area contributed by atoms with Crippen LogP contribution in [0.25, 0.3) is 10.9 Å². The lowest BCUT2D eigenvalue weighted by molar-refractivity contribution is 0.0697. The molecule has 0 aliphatic heterocycles. The predicted octanol–water partition coefficient (Wildman–Crippen LogP) is 2.12. The zero-order chi connectivity index (χ0) is 12.8. The molecule has 0 spiro atoms. The number of fused-ring (bicyclic) bond motifs is 1. The molecule has 5 heteroatoms. The molecular formula is C12H14NO3P. The van der Waals surface area contributed by atoms with E-state index < -0.39 is 13.1 Å². The van der Waals surface area contributed by atoms with E-state index in [4.69, 9.17) is 5.11 Å². The predicted molar refractivity (Wildman–Crippen MR) is 69.0 cm³/mol. The van der Waals surface area contributed by atoms with Gasteiger partial charge in [0.25, 0.3) is 0 Å². The lowest BCUT2D eigenvalue weighted by atomic mass is 10.1. The van der Waals surface area contributed by atoms with Crippen LogP contribution in [0.2, 0.25) is 0 Å². The van der Waals surface area contributed by atoms with Crippen molar-refractivity contribution in [3.63, 3.8) is 0 Å². The van der Waals surface area contributed by atoms with Gasteiger partial charge < -0.3 is 14.2 Å². The number of aromatic nitrogens is 1. The highest BCUT2D eigenvalue weighted by molar-refractivity contribution is 7.70. The highest BCUT2D eigenvalue weighted by Crippen LogP contribution is 2.38. The number of hydrogen-bond donors (Lipinski definition) is 1. The number of nitrogens with zero attached hydrogens (tertiary/aromatic N) is 1. The molecule has 1 N–H and O–H groups in total. The summed E-state index contributed by atoms with van der Waals surface area (Å²) >= 11 is 0. The van der Waals surface area contributed by atoms with Gasteiger partial charge in [0.05, 0.1) is 5.56 Å². The molecule has 0 aliphatic rings. The van der Waals surface area contributed by atoms with Crippen LogP contribution in [0.4, 0.5) is 0 Å². The van der Waals surface area contributed by atoms with Gasteiger partial charge in [-0.1, -0.05) is 0 Å². The van der Waals surface area contributed by atoms with Crippen molar-refractivity contribution in [2.75, 3.05) is 13.3 Å². The van der Waals surface area contributed by atoms with Gasteiger partial charge in [0.2, 0.25) is 0 Å². The van der Waals surface area contributed by atoms with Crippen molar-refractivity contribution in [1.82, 2.24) is 4.57 Å². The number of aromatic carboxylic acids is 1. The van der Waals surface area contributed by atoms with Crippen molar-refractivity contribution in [3.05, 3.63) is 30.0 Å². The third kappa shape index (κ3) is 2.01. The number of benzene rings is 1. The quantitative estimate of drug-likeness (QED) is 0.832. The number of hydrogen-bond acceptors (Lipinski definition) is 2. The molecule has 0 radical (unpaired) electrons. The third-order valence-electron chi connectivity index (χ3n) is 2.80. The van der Waals surface area contributed by atoms with Crippen LogP contribution in [-0.4, -0.2) is 29.0 Å². The molecule has 17 heavy (non-hydrogen) atoms. The summed E-state index contributed by atoms with van der Waals surface area (Å²) in [6.07, 6.45) is 1.82. The SMILES string of the molecule is Cn1cc(P(C)(C)=O)c2cc(C(=O)O)ccc21. The molecule has 1 aromatic heterocycles. The molecular weight excluding hydrogens is 237 g/mol. The van der Waals surface area contributed by atoms with Gasteiger partial charge in [0.15, 0.2) is 0 Å². The average Bonchev–Trinajstić information content (AvgIpc) is 2.55. The number of carboxylic acids is 1. The molecule has 0 saturated carbocycles. The molecule has 0 fully saturated rings. The molecule has 0 atom stereocenters. The van der Waals surface area contributed by atoms with Crippen LogP contribution in [0.5, 0.6) is 0 Å². The molecule has 1 aromatic carbocycles. The van der Waals surface area contributed by atoms with Crippen molar-refractivity contribution >= 4 is 29.3 Å². The van der Waals surface area contributed by atoms with Crippen LogP contribution < -0.4 is 5.30 Å². The Balaban J connectivity index is 2.82. The average molecular weight is 251 g/mol. The van der Waals surface area contributed by atoms with Crippen LogP contribution in [0.1, 0.15) is 10.4 Å². The first kappa shape index (κ1) is 11.9. The van der Waals surface area contributed by atoms with Gasteiger partial charge in [0.1, 0.15) is 7.14 Å².